The fourth-order valence-corrected chi connectivity index (χ4v) is 1.05. The number of methoxy groups -OCH3 is 1. The van der Waals surface area contributed by atoms with Crippen molar-refractivity contribution in [1.29, 1.82) is 0 Å². The average Bonchev–Trinajstić information content (AvgIpc) is 2.19. The third-order valence-electron chi connectivity index (χ3n) is 1.46. The van der Waals surface area contributed by atoms with Gasteiger partial charge in [-0.1, -0.05) is 6.08 Å². The lowest BCUT2D eigenvalue weighted by Gasteiger charge is -1.95. The Morgan fingerprint density at radius 2 is 2.62 bits per heavy atom. The molecule has 0 N–H and O–H groups in total. The van der Waals surface area contributed by atoms with Gasteiger partial charge in [0.1, 0.15) is 0 Å². The second-order valence-corrected chi connectivity index (χ2v) is 2.19. The van der Waals surface area contributed by atoms with Gasteiger partial charge >= 0.3 is 0 Å². The Labute approximate surface area is 50.3 Å². The fourth-order valence-electron chi connectivity index (χ4n) is 1.05. The number of ether oxygens (including phenoxy) is 1. The summed E-state index contributed by atoms with van der Waals surface area (Å²) in [6.45, 7) is 0.847. The number of hydrogen-bond donors (Lipinski definition) is 0. The molecule has 0 saturated heterocycles. The lowest BCUT2D eigenvalue weighted by molar-refractivity contribution is 0.224. The highest BCUT2D eigenvalue weighted by atomic mass is 16.5. The van der Waals surface area contributed by atoms with E-state index in [4.69, 9.17) is 4.74 Å². The van der Waals surface area contributed by atoms with Gasteiger partial charge in [0.2, 0.25) is 0 Å². The molecule has 1 aliphatic rings. The Morgan fingerprint density at radius 1 is 1.75 bits per heavy atom. The molecule has 0 unspecified atom stereocenters. The highest BCUT2D eigenvalue weighted by Gasteiger charge is 2.01. The minimum Gasteiger partial charge on any atom is -0.380 e. The minimum atomic E-state index is 0.847. The van der Waals surface area contributed by atoms with E-state index < -0.39 is 0 Å². The summed E-state index contributed by atoms with van der Waals surface area (Å²) in [7, 11) is 1.75. The van der Waals surface area contributed by atoms with Gasteiger partial charge in [-0.05, 0) is 24.8 Å². The van der Waals surface area contributed by atoms with Gasteiger partial charge in [0.25, 0.3) is 0 Å². The van der Waals surface area contributed by atoms with Crippen molar-refractivity contribution in [2.24, 2.45) is 0 Å². The predicted molar refractivity (Wildman–Crippen MR) is 33.8 cm³/mol. The molecule has 0 aliphatic heterocycles. The Bertz CT molecular complexity index is 94.6. The molecule has 0 radical (unpaired) electrons. The Balaban J connectivity index is 2.23. The number of allylic oxidation sites excluding steroid dienone is 1. The van der Waals surface area contributed by atoms with Crippen LogP contribution in [0.25, 0.3) is 0 Å². The molecule has 0 aromatic carbocycles. The van der Waals surface area contributed by atoms with Crippen molar-refractivity contribution >= 4 is 0 Å². The minimum absolute atomic E-state index is 0.847. The molecular weight excluding hydrogens is 100 g/mol. The summed E-state index contributed by atoms with van der Waals surface area (Å²) >= 11 is 0. The average molecular weight is 112 g/mol. The van der Waals surface area contributed by atoms with Crippen LogP contribution in [0.2, 0.25) is 0 Å². The molecule has 0 aromatic heterocycles. The van der Waals surface area contributed by atoms with Crippen molar-refractivity contribution in [1.82, 2.24) is 0 Å². The zero-order valence-electron chi connectivity index (χ0n) is 5.31. The van der Waals surface area contributed by atoms with Crippen molar-refractivity contribution < 1.29 is 4.74 Å². The van der Waals surface area contributed by atoms with Crippen molar-refractivity contribution in [2.75, 3.05) is 13.7 Å². The lowest BCUT2D eigenvalue weighted by Crippen LogP contribution is -1.89. The van der Waals surface area contributed by atoms with Crippen LogP contribution in [0.1, 0.15) is 19.3 Å². The zero-order chi connectivity index (χ0) is 5.82. The quantitative estimate of drug-likeness (QED) is 0.494. The third-order valence-corrected chi connectivity index (χ3v) is 1.46. The van der Waals surface area contributed by atoms with Gasteiger partial charge in [-0.15, -0.1) is 0 Å². The number of hydrogen-bond acceptors (Lipinski definition) is 1. The zero-order valence-corrected chi connectivity index (χ0v) is 5.31. The van der Waals surface area contributed by atoms with E-state index in [0.29, 0.717) is 0 Å². The lowest BCUT2D eigenvalue weighted by atomic mass is 10.2. The number of rotatable bonds is 2. The second kappa shape index (κ2) is 2.88. The molecule has 1 nitrogen and oxygen atoms in total. The second-order valence-electron chi connectivity index (χ2n) is 2.19. The van der Waals surface area contributed by atoms with Crippen LogP contribution in [0.4, 0.5) is 0 Å². The van der Waals surface area contributed by atoms with Crippen LogP contribution in [0.3, 0.4) is 0 Å². The van der Waals surface area contributed by atoms with Gasteiger partial charge in [-0.3, -0.25) is 0 Å². The Morgan fingerprint density at radius 3 is 3.12 bits per heavy atom. The topological polar surface area (TPSA) is 9.23 Å². The summed E-state index contributed by atoms with van der Waals surface area (Å²) in [4.78, 5) is 0. The molecule has 46 valence electrons. The van der Waals surface area contributed by atoms with Crippen molar-refractivity contribution in [2.45, 2.75) is 19.3 Å². The van der Waals surface area contributed by atoms with E-state index in [9.17, 15) is 0 Å². The van der Waals surface area contributed by atoms with Crippen molar-refractivity contribution in [3.8, 4) is 0 Å². The van der Waals surface area contributed by atoms with E-state index in [2.05, 4.69) is 6.08 Å². The molecule has 0 bridgehead atoms. The van der Waals surface area contributed by atoms with Gasteiger partial charge < -0.3 is 4.74 Å². The molecule has 0 spiro atoms. The monoisotopic (exact) mass is 112 g/mol. The fraction of sp³-hybridized carbons (Fsp3) is 0.714. The molecule has 0 heterocycles. The van der Waals surface area contributed by atoms with Crippen LogP contribution < -0.4 is 0 Å². The first kappa shape index (κ1) is 5.83. The van der Waals surface area contributed by atoms with E-state index in [1.165, 1.54) is 24.8 Å². The summed E-state index contributed by atoms with van der Waals surface area (Å²) < 4.78 is 4.96. The first-order valence-electron chi connectivity index (χ1n) is 3.10. The SMILES string of the molecule is COCC1=CCCC1. The largest absolute Gasteiger partial charge is 0.380 e. The van der Waals surface area contributed by atoms with Gasteiger partial charge in [0.05, 0.1) is 6.61 Å². The van der Waals surface area contributed by atoms with Crippen LogP contribution >= 0.6 is 0 Å². The maximum Gasteiger partial charge on any atom is 0.0672 e. The van der Waals surface area contributed by atoms with Crippen LogP contribution in [-0.2, 0) is 4.74 Å². The van der Waals surface area contributed by atoms with E-state index in [0.717, 1.165) is 6.61 Å². The van der Waals surface area contributed by atoms with Crippen LogP contribution in [0.15, 0.2) is 11.6 Å². The highest BCUT2D eigenvalue weighted by Crippen LogP contribution is 2.16. The molecule has 0 atom stereocenters. The first-order valence-corrected chi connectivity index (χ1v) is 3.10. The summed E-state index contributed by atoms with van der Waals surface area (Å²) in [5.41, 5.74) is 1.48. The van der Waals surface area contributed by atoms with E-state index in [-0.39, 0.29) is 0 Å². The van der Waals surface area contributed by atoms with Crippen LogP contribution in [-0.4, -0.2) is 13.7 Å². The molecular formula is C7H12O. The third kappa shape index (κ3) is 1.34. The summed E-state index contributed by atoms with van der Waals surface area (Å²) in [6.07, 6.45) is 6.13. The molecule has 0 fully saturated rings. The summed E-state index contributed by atoms with van der Waals surface area (Å²) in [5.74, 6) is 0. The molecule has 0 amide bonds. The highest BCUT2D eigenvalue weighted by molar-refractivity contribution is 5.07. The summed E-state index contributed by atoms with van der Waals surface area (Å²) in [5, 5.41) is 0. The molecule has 1 aliphatic carbocycles. The predicted octanol–water partition coefficient (Wildman–Crippen LogP) is 1.74. The smallest absolute Gasteiger partial charge is 0.0672 e. The van der Waals surface area contributed by atoms with Crippen LogP contribution in [0.5, 0.6) is 0 Å². The van der Waals surface area contributed by atoms with Crippen molar-refractivity contribution in [3.63, 3.8) is 0 Å². The Hall–Kier alpha value is -0.300. The molecule has 1 rings (SSSR count). The van der Waals surface area contributed by atoms with Crippen molar-refractivity contribution in [3.05, 3.63) is 11.6 Å². The Kier molecular flexibility index (Phi) is 2.10. The van der Waals surface area contributed by atoms with Gasteiger partial charge in [0, 0.05) is 7.11 Å². The maximum atomic E-state index is 4.96. The standard InChI is InChI=1S/C7H12O/c1-8-6-7-4-2-3-5-7/h4H,2-3,5-6H2,1H3. The van der Waals surface area contributed by atoms with Gasteiger partial charge in [-0.25, -0.2) is 0 Å². The molecule has 1 heteroatoms. The van der Waals surface area contributed by atoms with E-state index in [1.807, 2.05) is 0 Å². The van der Waals surface area contributed by atoms with Gasteiger partial charge in [-0.2, -0.15) is 0 Å². The molecule has 0 aromatic rings. The van der Waals surface area contributed by atoms with Crippen LogP contribution in [0, 0.1) is 0 Å². The molecule has 8 heavy (non-hydrogen) atoms. The normalized spacial score (nSPS) is 18.9. The molecule has 0 saturated carbocycles. The maximum absolute atomic E-state index is 4.96. The van der Waals surface area contributed by atoms with Gasteiger partial charge in [0.15, 0.2) is 0 Å². The van der Waals surface area contributed by atoms with E-state index in [1.54, 1.807) is 7.11 Å². The first-order chi connectivity index (χ1) is 3.93. The summed E-state index contributed by atoms with van der Waals surface area (Å²) in [6, 6.07) is 0. The van der Waals surface area contributed by atoms with E-state index >= 15 is 0 Å².